The van der Waals surface area contributed by atoms with Crippen LogP contribution in [-0.2, 0) is 0 Å². The molecule has 3 aromatic rings. The van der Waals surface area contributed by atoms with Crippen molar-refractivity contribution < 1.29 is 13.9 Å². The molecule has 1 aromatic heterocycles. The summed E-state index contributed by atoms with van der Waals surface area (Å²) in [6.45, 7) is 3.66. The molecule has 0 bridgehead atoms. The summed E-state index contributed by atoms with van der Waals surface area (Å²) >= 11 is 0. The summed E-state index contributed by atoms with van der Waals surface area (Å²) in [6.07, 6.45) is 10.3. The molecule has 2 saturated heterocycles. The number of carbonyl (C=O) groups excluding carboxylic acids is 1. The van der Waals surface area contributed by atoms with Gasteiger partial charge >= 0.3 is 0 Å². The Balaban J connectivity index is 1.06. The number of aromatic nitrogens is 2. The van der Waals surface area contributed by atoms with E-state index in [2.05, 4.69) is 32.7 Å². The lowest BCUT2D eigenvalue weighted by Gasteiger charge is -2.41. The number of hydrogen-bond donors (Lipinski definition) is 0. The smallest absolute Gasteiger partial charge is 0.253 e. The molecule has 0 unspecified atom stereocenters. The van der Waals surface area contributed by atoms with Crippen molar-refractivity contribution in [2.75, 3.05) is 26.2 Å². The van der Waals surface area contributed by atoms with Crippen LogP contribution in [0, 0.1) is 5.82 Å². The van der Waals surface area contributed by atoms with Gasteiger partial charge in [-0.1, -0.05) is 6.42 Å². The molecular weight excluding hydrogens is 443 g/mol. The Bertz CT molecular complexity index is 1170. The van der Waals surface area contributed by atoms with Crippen molar-refractivity contribution >= 4 is 16.9 Å². The van der Waals surface area contributed by atoms with Gasteiger partial charge in [0.25, 0.3) is 5.91 Å². The lowest BCUT2D eigenvalue weighted by atomic mass is 9.90. The summed E-state index contributed by atoms with van der Waals surface area (Å²) in [4.78, 5) is 21.9. The third-order valence-electron chi connectivity index (χ3n) is 8.15. The van der Waals surface area contributed by atoms with Gasteiger partial charge in [0, 0.05) is 49.9 Å². The molecule has 0 N–H and O–H groups in total. The minimum Gasteiger partial charge on any atom is -0.490 e. The molecular formula is C28H33FN4O2. The lowest BCUT2D eigenvalue weighted by molar-refractivity contribution is 0.0494. The number of ether oxygens (including phenoxy) is 1. The van der Waals surface area contributed by atoms with Crippen LogP contribution in [0.3, 0.4) is 0 Å². The number of likely N-dealkylation sites (tertiary alicyclic amines) is 2. The maximum atomic E-state index is 13.2. The molecule has 184 valence electrons. The van der Waals surface area contributed by atoms with E-state index >= 15 is 0 Å². The molecule has 0 atom stereocenters. The summed E-state index contributed by atoms with van der Waals surface area (Å²) < 4.78 is 21.8. The molecule has 3 aliphatic rings. The van der Waals surface area contributed by atoms with Gasteiger partial charge in [-0.05, 0) is 74.9 Å². The van der Waals surface area contributed by atoms with Crippen molar-refractivity contribution in [1.29, 1.82) is 0 Å². The van der Waals surface area contributed by atoms with Gasteiger partial charge < -0.3 is 19.1 Å². The van der Waals surface area contributed by atoms with E-state index in [1.165, 1.54) is 31.4 Å². The predicted octanol–water partition coefficient (Wildman–Crippen LogP) is 5.05. The zero-order valence-electron chi connectivity index (χ0n) is 20.1. The summed E-state index contributed by atoms with van der Waals surface area (Å²) in [5, 5.41) is 0. The highest BCUT2D eigenvalue weighted by atomic mass is 19.1. The van der Waals surface area contributed by atoms with Crippen LogP contribution in [0.4, 0.5) is 4.39 Å². The lowest BCUT2D eigenvalue weighted by Crippen LogP contribution is -2.46. The molecule has 1 aliphatic carbocycles. The highest BCUT2D eigenvalue weighted by molar-refractivity contribution is 5.94. The predicted molar refractivity (Wildman–Crippen MR) is 133 cm³/mol. The molecule has 2 aliphatic heterocycles. The maximum Gasteiger partial charge on any atom is 0.253 e. The van der Waals surface area contributed by atoms with E-state index in [1.807, 2.05) is 11.2 Å². The summed E-state index contributed by atoms with van der Waals surface area (Å²) in [7, 11) is 0. The average molecular weight is 477 g/mol. The van der Waals surface area contributed by atoms with Gasteiger partial charge in [0.05, 0.1) is 17.4 Å². The van der Waals surface area contributed by atoms with Crippen LogP contribution in [0.25, 0.3) is 11.0 Å². The molecule has 0 radical (unpaired) electrons. The van der Waals surface area contributed by atoms with Crippen molar-refractivity contribution in [3.63, 3.8) is 0 Å². The van der Waals surface area contributed by atoms with E-state index in [0.29, 0.717) is 24.7 Å². The molecule has 1 saturated carbocycles. The first-order valence-electron chi connectivity index (χ1n) is 13.1. The third kappa shape index (κ3) is 4.66. The quantitative estimate of drug-likeness (QED) is 0.517. The highest BCUT2D eigenvalue weighted by Gasteiger charge is 2.30. The van der Waals surface area contributed by atoms with Crippen LogP contribution in [0.2, 0.25) is 0 Å². The van der Waals surface area contributed by atoms with Gasteiger partial charge in [-0.15, -0.1) is 0 Å². The number of fused-ring (bicyclic) bond motifs is 1. The summed E-state index contributed by atoms with van der Waals surface area (Å²) in [5.41, 5.74) is 2.61. The van der Waals surface area contributed by atoms with Crippen molar-refractivity contribution in [3.8, 4) is 5.75 Å². The number of hydrogen-bond acceptors (Lipinski definition) is 4. The Labute approximate surface area is 205 Å². The molecule has 1 amide bonds. The van der Waals surface area contributed by atoms with E-state index in [0.717, 1.165) is 61.6 Å². The van der Waals surface area contributed by atoms with Crippen LogP contribution in [-0.4, -0.2) is 63.6 Å². The second-order valence-corrected chi connectivity index (χ2v) is 10.3. The van der Waals surface area contributed by atoms with Gasteiger partial charge in [0.15, 0.2) is 0 Å². The number of halogens is 1. The number of piperidine rings is 2. The number of carbonyl (C=O) groups is 1. The average Bonchev–Trinajstić information content (AvgIpc) is 3.28. The molecule has 2 aromatic carbocycles. The molecule has 0 spiro atoms. The van der Waals surface area contributed by atoms with Crippen LogP contribution in [0.15, 0.2) is 48.8 Å². The van der Waals surface area contributed by atoms with E-state index in [9.17, 15) is 9.18 Å². The van der Waals surface area contributed by atoms with Crippen LogP contribution >= 0.6 is 0 Å². The number of amides is 1. The second kappa shape index (κ2) is 9.61. The van der Waals surface area contributed by atoms with Crippen LogP contribution < -0.4 is 4.74 Å². The number of nitrogens with zero attached hydrogens (tertiary/aromatic N) is 4. The minimum atomic E-state index is -0.324. The first-order valence-corrected chi connectivity index (χ1v) is 13.1. The normalized spacial score (nSPS) is 20.8. The Morgan fingerprint density at radius 1 is 0.886 bits per heavy atom. The Morgan fingerprint density at radius 3 is 2.31 bits per heavy atom. The van der Waals surface area contributed by atoms with Crippen LogP contribution in [0.1, 0.15) is 61.3 Å². The molecule has 3 heterocycles. The second-order valence-electron chi connectivity index (χ2n) is 10.3. The fourth-order valence-electron chi connectivity index (χ4n) is 5.80. The zero-order chi connectivity index (χ0) is 23.8. The van der Waals surface area contributed by atoms with Crippen LogP contribution in [0.5, 0.6) is 5.75 Å². The van der Waals surface area contributed by atoms with Gasteiger partial charge in [0.1, 0.15) is 17.7 Å². The molecule has 35 heavy (non-hydrogen) atoms. The Hall–Kier alpha value is -2.93. The monoisotopic (exact) mass is 476 g/mol. The van der Waals surface area contributed by atoms with Crippen molar-refractivity contribution in [3.05, 3.63) is 60.2 Å². The molecule has 6 nitrogen and oxygen atoms in total. The topological polar surface area (TPSA) is 50.6 Å². The van der Waals surface area contributed by atoms with E-state index in [-0.39, 0.29) is 17.8 Å². The third-order valence-corrected chi connectivity index (χ3v) is 8.15. The number of imidazole rings is 1. The highest BCUT2D eigenvalue weighted by Crippen LogP contribution is 2.31. The summed E-state index contributed by atoms with van der Waals surface area (Å²) in [5.74, 6) is 0.555. The number of benzene rings is 2. The SMILES string of the molecule is O=C(c1ccc(F)cc1)N1CCC(n2cnc3cc(OC4CCN(C5CCC5)CC4)ccc32)CC1. The molecule has 7 heteroatoms. The minimum absolute atomic E-state index is 0.0285. The standard InChI is InChI=1S/C28H33FN4O2/c29-21-6-4-20(5-7-21)28(34)32-14-10-23(11-15-32)33-19-30-26-18-25(8-9-27(26)33)35-24-12-16-31(17-13-24)22-2-1-3-22/h4-9,18-19,22-24H,1-3,10-17H2. The van der Waals surface area contributed by atoms with Gasteiger partial charge in [-0.3, -0.25) is 4.79 Å². The van der Waals surface area contributed by atoms with Gasteiger partial charge in [0.2, 0.25) is 0 Å². The van der Waals surface area contributed by atoms with Gasteiger partial charge in [-0.2, -0.15) is 0 Å². The first-order chi connectivity index (χ1) is 17.1. The van der Waals surface area contributed by atoms with Crippen molar-refractivity contribution in [2.24, 2.45) is 0 Å². The number of rotatable bonds is 5. The first kappa shape index (κ1) is 22.5. The Morgan fingerprint density at radius 2 is 1.63 bits per heavy atom. The Kier molecular flexibility index (Phi) is 6.19. The van der Waals surface area contributed by atoms with Gasteiger partial charge in [-0.25, -0.2) is 9.37 Å². The van der Waals surface area contributed by atoms with E-state index < -0.39 is 0 Å². The fraction of sp³-hybridized carbons (Fsp3) is 0.500. The maximum absolute atomic E-state index is 13.2. The van der Waals surface area contributed by atoms with E-state index in [4.69, 9.17) is 4.74 Å². The summed E-state index contributed by atoms with van der Waals surface area (Å²) in [6, 6.07) is 13.2. The van der Waals surface area contributed by atoms with Crippen molar-refractivity contribution in [2.45, 2.75) is 63.1 Å². The fourth-order valence-corrected chi connectivity index (χ4v) is 5.80. The zero-order valence-corrected chi connectivity index (χ0v) is 20.1. The van der Waals surface area contributed by atoms with Crippen molar-refractivity contribution in [1.82, 2.24) is 19.4 Å². The van der Waals surface area contributed by atoms with E-state index in [1.54, 1.807) is 12.1 Å². The largest absolute Gasteiger partial charge is 0.490 e. The molecule has 6 rings (SSSR count). The molecule has 3 fully saturated rings.